The van der Waals surface area contributed by atoms with Crippen LogP contribution in [0.4, 0.5) is 0 Å². The molecule has 1 saturated carbocycles. The molecule has 1 unspecified atom stereocenters. The van der Waals surface area contributed by atoms with Gasteiger partial charge >= 0.3 is 19.8 Å². The number of aliphatic hydroxyl groups is 5. The lowest BCUT2D eigenvalue weighted by molar-refractivity contribution is -0.160. The summed E-state index contributed by atoms with van der Waals surface area (Å²) in [4.78, 5) is 35.2. The first kappa shape index (κ1) is 52.3. The molecule has 0 radical (unpaired) electrons. The molecule has 14 heteroatoms. The van der Waals surface area contributed by atoms with E-state index in [0.29, 0.717) is 19.3 Å². The van der Waals surface area contributed by atoms with E-state index < -0.39 is 76.7 Å². The molecule has 1 rings (SSSR count). The summed E-state index contributed by atoms with van der Waals surface area (Å²) in [6, 6.07) is 0. The lowest BCUT2D eigenvalue weighted by Gasteiger charge is -2.20. The number of rotatable bonds is 36. The Hall–Kier alpha value is -1.67. The number of aliphatic hydroxyl groups excluding tert-OH is 5. The topological polar surface area (TPSA) is 210 Å². The summed E-state index contributed by atoms with van der Waals surface area (Å²) < 4.78 is 32.6. The maximum Gasteiger partial charge on any atom is 0.472 e. The number of carbonyl (C=O) groups is 2. The van der Waals surface area contributed by atoms with Gasteiger partial charge in [0.05, 0.1) is 44.6 Å². The van der Waals surface area contributed by atoms with Crippen LogP contribution in [0.2, 0.25) is 0 Å². The minimum absolute atomic E-state index is 0.122. The monoisotopic (exact) mass is 821 g/mol. The third-order valence-electron chi connectivity index (χ3n) is 10.2. The van der Waals surface area contributed by atoms with Crippen molar-refractivity contribution < 1.29 is 63.1 Å². The second-order valence-electron chi connectivity index (χ2n) is 15.4. The Morgan fingerprint density at radius 2 is 1.29 bits per heavy atom. The van der Waals surface area contributed by atoms with Gasteiger partial charge in [-0.3, -0.25) is 18.6 Å². The van der Waals surface area contributed by atoms with Gasteiger partial charge in [0.2, 0.25) is 0 Å². The molecule has 13 nitrogen and oxygen atoms in total. The van der Waals surface area contributed by atoms with Gasteiger partial charge in [-0.25, -0.2) is 4.57 Å². The standard InChI is InChI=1S/C42H77O13P/c1-3-5-7-8-9-10-11-12-13-14-15-16-17-18-20-26-42(49)55-36(33-54-56(50,51)53-31-35(45)30-43)32-52-41(48)25-22-21-24-37-38(40(47)29-39(37)46)28-27-34(44)23-19-6-4-2/h21-22,27-28,34-40,43-47H,3-20,23-26,29-33H2,1-2H3,(H,50,51)/b22-21-,28-27+/t34-,35+,36-,37+,38-,39+,40-/m1/s1. The molecule has 0 bridgehead atoms. The SMILES string of the molecule is CCCCCCCCCCCCCCCCCC(=O)O[C@H](COC(=O)C/C=C\C[C@H]1[C@@H](/C=C/[C@H](O)CCCCC)[C@H](O)C[C@@H]1O)COP(=O)(O)OC[C@@H](O)CO. The van der Waals surface area contributed by atoms with Crippen LogP contribution >= 0.6 is 7.82 Å². The van der Waals surface area contributed by atoms with E-state index in [-0.39, 0.29) is 31.1 Å². The Kier molecular flexibility index (Phi) is 31.0. The van der Waals surface area contributed by atoms with E-state index in [0.717, 1.165) is 38.5 Å². The Morgan fingerprint density at radius 3 is 1.88 bits per heavy atom. The van der Waals surface area contributed by atoms with Crippen LogP contribution in [0.1, 0.15) is 162 Å². The Bertz CT molecular complexity index is 1100. The zero-order valence-electron chi connectivity index (χ0n) is 34.4. The van der Waals surface area contributed by atoms with E-state index >= 15 is 0 Å². The predicted molar refractivity (Wildman–Crippen MR) is 216 cm³/mol. The quantitative estimate of drug-likeness (QED) is 0.0158. The molecule has 1 aliphatic rings. The number of allylic oxidation sites excluding steroid dienone is 1. The molecule has 0 saturated heterocycles. The molecule has 0 aromatic carbocycles. The maximum atomic E-state index is 12.7. The molecule has 1 fully saturated rings. The van der Waals surface area contributed by atoms with E-state index in [1.54, 1.807) is 24.3 Å². The second kappa shape index (κ2) is 33.2. The van der Waals surface area contributed by atoms with E-state index in [1.165, 1.54) is 70.6 Å². The van der Waals surface area contributed by atoms with Crippen molar-refractivity contribution in [2.45, 2.75) is 192 Å². The largest absolute Gasteiger partial charge is 0.472 e. The number of esters is 2. The van der Waals surface area contributed by atoms with Crippen LogP contribution in [0.25, 0.3) is 0 Å². The number of hydrogen-bond donors (Lipinski definition) is 6. The van der Waals surface area contributed by atoms with Crippen molar-refractivity contribution in [1.29, 1.82) is 0 Å². The molecule has 6 N–H and O–H groups in total. The highest BCUT2D eigenvalue weighted by Gasteiger charge is 2.39. The number of carbonyl (C=O) groups excluding carboxylic acids is 2. The summed E-state index contributed by atoms with van der Waals surface area (Å²) in [5, 5.41) is 49.6. The van der Waals surface area contributed by atoms with Crippen molar-refractivity contribution in [2.24, 2.45) is 11.8 Å². The van der Waals surface area contributed by atoms with E-state index in [2.05, 4.69) is 18.4 Å². The van der Waals surface area contributed by atoms with Gasteiger partial charge < -0.3 is 39.9 Å². The molecule has 8 atom stereocenters. The Labute approximate surface area is 336 Å². The van der Waals surface area contributed by atoms with Crippen LogP contribution in [0.15, 0.2) is 24.3 Å². The molecule has 328 valence electrons. The number of phosphoric acid groups is 1. The summed E-state index contributed by atoms with van der Waals surface area (Å²) in [6.07, 6.45) is 24.1. The number of hydrogen-bond acceptors (Lipinski definition) is 12. The smallest absolute Gasteiger partial charge is 0.461 e. The predicted octanol–water partition coefficient (Wildman–Crippen LogP) is 7.38. The van der Waals surface area contributed by atoms with E-state index in [1.807, 2.05) is 0 Å². The molecule has 0 aliphatic heterocycles. The van der Waals surface area contributed by atoms with Gasteiger partial charge in [-0.2, -0.15) is 0 Å². The van der Waals surface area contributed by atoms with Gasteiger partial charge in [0.25, 0.3) is 0 Å². The van der Waals surface area contributed by atoms with Gasteiger partial charge in [-0.1, -0.05) is 147 Å². The van der Waals surface area contributed by atoms with Crippen molar-refractivity contribution in [3.8, 4) is 0 Å². The van der Waals surface area contributed by atoms with Crippen molar-refractivity contribution in [2.75, 3.05) is 26.4 Å². The van der Waals surface area contributed by atoms with Crippen molar-refractivity contribution >= 4 is 19.8 Å². The molecule has 0 spiro atoms. The van der Waals surface area contributed by atoms with Crippen molar-refractivity contribution in [1.82, 2.24) is 0 Å². The van der Waals surface area contributed by atoms with Gasteiger partial charge in [-0.15, -0.1) is 0 Å². The highest BCUT2D eigenvalue weighted by atomic mass is 31.2. The van der Waals surface area contributed by atoms with Gasteiger partial charge in [0.1, 0.15) is 12.7 Å². The first-order valence-electron chi connectivity index (χ1n) is 21.6. The van der Waals surface area contributed by atoms with Gasteiger partial charge in [0.15, 0.2) is 6.10 Å². The van der Waals surface area contributed by atoms with Crippen molar-refractivity contribution in [3.63, 3.8) is 0 Å². The molecular weight excluding hydrogens is 743 g/mol. The van der Waals surface area contributed by atoms with Gasteiger partial charge in [-0.05, 0) is 25.2 Å². The first-order valence-corrected chi connectivity index (χ1v) is 23.0. The minimum Gasteiger partial charge on any atom is -0.461 e. The highest BCUT2D eigenvalue weighted by molar-refractivity contribution is 7.47. The second-order valence-corrected chi connectivity index (χ2v) is 16.8. The fraction of sp³-hybridized carbons (Fsp3) is 0.857. The van der Waals surface area contributed by atoms with E-state index in [9.17, 15) is 39.5 Å². The van der Waals surface area contributed by atoms with Crippen LogP contribution in [0.5, 0.6) is 0 Å². The summed E-state index contributed by atoms with van der Waals surface area (Å²) >= 11 is 0. The third kappa shape index (κ3) is 27.1. The summed E-state index contributed by atoms with van der Waals surface area (Å²) in [5.74, 6) is -1.86. The molecule has 0 aromatic rings. The number of unbranched alkanes of at least 4 members (excludes halogenated alkanes) is 16. The molecule has 0 heterocycles. The molecule has 0 aromatic heterocycles. The average molecular weight is 821 g/mol. The Balaban J connectivity index is 2.52. The third-order valence-corrected chi connectivity index (χ3v) is 11.2. The highest BCUT2D eigenvalue weighted by Crippen LogP contribution is 2.43. The van der Waals surface area contributed by atoms with Crippen LogP contribution in [0.3, 0.4) is 0 Å². The zero-order valence-corrected chi connectivity index (χ0v) is 35.3. The lowest BCUT2D eigenvalue weighted by Crippen LogP contribution is -2.29. The summed E-state index contributed by atoms with van der Waals surface area (Å²) in [5.41, 5.74) is 0. The molecule has 56 heavy (non-hydrogen) atoms. The normalized spacial score (nSPS) is 21.4. The fourth-order valence-corrected chi connectivity index (χ4v) is 7.58. The molecule has 0 amide bonds. The van der Waals surface area contributed by atoms with Crippen molar-refractivity contribution in [3.05, 3.63) is 24.3 Å². The zero-order chi connectivity index (χ0) is 41.4. The van der Waals surface area contributed by atoms with Crippen LogP contribution in [-0.2, 0) is 32.7 Å². The molecular formula is C42H77O13P. The molecule has 1 aliphatic carbocycles. The number of ether oxygens (including phenoxy) is 2. The average Bonchev–Trinajstić information content (AvgIpc) is 3.44. The summed E-state index contributed by atoms with van der Waals surface area (Å²) in [7, 11) is -4.69. The van der Waals surface area contributed by atoms with Crippen LogP contribution in [-0.4, -0.2) is 99.3 Å². The Morgan fingerprint density at radius 1 is 0.732 bits per heavy atom. The maximum absolute atomic E-state index is 12.7. The van der Waals surface area contributed by atoms with Gasteiger partial charge in [0, 0.05) is 18.8 Å². The lowest BCUT2D eigenvalue weighted by atomic mass is 9.89. The van der Waals surface area contributed by atoms with Crippen LogP contribution in [0, 0.1) is 11.8 Å². The fourth-order valence-electron chi connectivity index (χ4n) is 6.79. The first-order chi connectivity index (χ1) is 26.9. The number of phosphoric ester groups is 1. The van der Waals surface area contributed by atoms with E-state index in [4.69, 9.17) is 19.1 Å². The minimum atomic E-state index is -4.69. The summed E-state index contributed by atoms with van der Waals surface area (Å²) in [6.45, 7) is 1.91. The van der Waals surface area contributed by atoms with Crippen LogP contribution < -0.4 is 0 Å².